The lowest BCUT2D eigenvalue weighted by Crippen LogP contribution is -2.36. The Morgan fingerprint density at radius 2 is 1.71 bits per heavy atom. The van der Waals surface area contributed by atoms with E-state index in [9.17, 15) is 24.9 Å². The number of hydrogen-bond acceptors (Lipinski definition) is 8. The predicted octanol–water partition coefficient (Wildman–Crippen LogP) is 2.83. The Morgan fingerprint density at radius 1 is 1.09 bits per heavy atom. The number of nitrogens with one attached hydrogen (secondary N) is 1. The Hall–Kier alpha value is -3.47. The van der Waals surface area contributed by atoms with Gasteiger partial charge in [-0.3, -0.25) is 0 Å². The van der Waals surface area contributed by atoms with Crippen LogP contribution in [0.3, 0.4) is 0 Å². The highest BCUT2D eigenvalue weighted by Gasteiger charge is 2.30. The molecule has 0 spiro atoms. The molecule has 0 saturated carbocycles. The molecular formula is C24H23N3O6S. The first-order valence-electron chi connectivity index (χ1n) is 10.5. The van der Waals surface area contributed by atoms with E-state index in [1.807, 2.05) is 48.5 Å². The van der Waals surface area contributed by atoms with Crippen LogP contribution in [-0.2, 0) is 4.74 Å². The topological polar surface area (TPSA) is 142 Å². The van der Waals surface area contributed by atoms with E-state index in [0.29, 0.717) is 0 Å². The van der Waals surface area contributed by atoms with Crippen LogP contribution in [0.2, 0.25) is 0 Å². The van der Waals surface area contributed by atoms with Gasteiger partial charge >= 0.3 is 12.1 Å². The Kier molecular flexibility index (Phi) is 7.11. The molecule has 2 unspecified atom stereocenters. The highest BCUT2D eigenvalue weighted by molar-refractivity contribution is 7.98. The molecule has 2 atom stereocenters. The fraction of sp³-hybridized carbons (Fsp3) is 0.250. The number of amides is 1. The van der Waals surface area contributed by atoms with E-state index in [1.165, 1.54) is 0 Å². The molecule has 0 bridgehead atoms. The van der Waals surface area contributed by atoms with Crippen LogP contribution in [0.1, 0.15) is 39.2 Å². The van der Waals surface area contributed by atoms with Gasteiger partial charge in [-0.2, -0.15) is 0 Å². The highest BCUT2D eigenvalue weighted by Crippen LogP contribution is 2.44. The van der Waals surface area contributed by atoms with Crippen LogP contribution in [0.5, 0.6) is 0 Å². The molecule has 1 aromatic heterocycles. The first-order chi connectivity index (χ1) is 16.4. The lowest BCUT2D eigenvalue weighted by atomic mass is 9.98. The van der Waals surface area contributed by atoms with E-state index >= 15 is 0 Å². The summed E-state index contributed by atoms with van der Waals surface area (Å²) in [5.41, 5.74) is 3.80. The molecule has 0 saturated heterocycles. The standard InChI is InChI=1S/C24H23N3O6S/c1-34-23-25-10-17(20(27-23)22(30)31)21(29)19(28)11-26-24(32)33-12-18-15-8-4-2-6-13(15)14-7-3-5-9-16(14)18/h2-10,18-19,21,28-29H,11-12H2,1H3,(H,26,32)(H,30,31). The van der Waals surface area contributed by atoms with Crippen molar-refractivity contribution in [1.29, 1.82) is 0 Å². The van der Waals surface area contributed by atoms with Gasteiger partial charge in [0, 0.05) is 24.2 Å². The third-order valence-electron chi connectivity index (χ3n) is 5.66. The molecule has 3 aromatic rings. The minimum absolute atomic E-state index is 0.103. The van der Waals surface area contributed by atoms with Gasteiger partial charge in [0.1, 0.15) is 18.8 Å². The van der Waals surface area contributed by atoms with Gasteiger partial charge in [0.25, 0.3) is 0 Å². The van der Waals surface area contributed by atoms with Crippen molar-refractivity contribution in [3.05, 3.63) is 77.1 Å². The number of aromatic carboxylic acids is 1. The zero-order valence-corrected chi connectivity index (χ0v) is 19.0. The second-order valence-electron chi connectivity index (χ2n) is 7.68. The van der Waals surface area contributed by atoms with Gasteiger partial charge in [-0.1, -0.05) is 60.3 Å². The number of aliphatic hydroxyl groups is 2. The van der Waals surface area contributed by atoms with Crippen molar-refractivity contribution in [3.63, 3.8) is 0 Å². The van der Waals surface area contributed by atoms with Crippen LogP contribution in [0.4, 0.5) is 4.79 Å². The number of benzene rings is 2. The molecule has 4 N–H and O–H groups in total. The molecule has 176 valence electrons. The van der Waals surface area contributed by atoms with Crippen LogP contribution < -0.4 is 5.32 Å². The van der Waals surface area contributed by atoms with Gasteiger partial charge < -0.3 is 25.4 Å². The average Bonchev–Trinajstić information content (AvgIpc) is 3.18. The molecule has 1 aliphatic rings. The molecule has 1 heterocycles. The number of carbonyl (C=O) groups excluding carboxylic acids is 1. The number of aromatic nitrogens is 2. The number of thioether (sulfide) groups is 1. The van der Waals surface area contributed by atoms with E-state index in [1.54, 1.807) is 6.26 Å². The Morgan fingerprint density at radius 3 is 2.29 bits per heavy atom. The smallest absolute Gasteiger partial charge is 0.407 e. The molecular weight excluding hydrogens is 458 g/mol. The monoisotopic (exact) mass is 481 g/mol. The lowest BCUT2D eigenvalue weighted by Gasteiger charge is -2.20. The molecule has 1 amide bonds. The molecule has 34 heavy (non-hydrogen) atoms. The molecule has 2 aromatic carbocycles. The van der Waals surface area contributed by atoms with Crippen LogP contribution >= 0.6 is 11.8 Å². The number of ether oxygens (including phenoxy) is 1. The summed E-state index contributed by atoms with van der Waals surface area (Å²) in [6.45, 7) is -0.257. The molecule has 10 heteroatoms. The summed E-state index contributed by atoms with van der Waals surface area (Å²) >= 11 is 1.15. The van der Waals surface area contributed by atoms with Crippen LogP contribution in [0.15, 0.2) is 59.9 Å². The molecule has 9 nitrogen and oxygen atoms in total. The summed E-state index contributed by atoms with van der Waals surface area (Å²) in [4.78, 5) is 31.6. The predicted molar refractivity (Wildman–Crippen MR) is 125 cm³/mol. The van der Waals surface area contributed by atoms with Crippen molar-refractivity contribution in [2.75, 3.05) is 19.4 Å². The normalized spacial score (nSPS) is 14.1. The third-order valence-corrected chi connectivity index (χ3v) is 6.22. The molecule has 0 aliphatic heterocycles. The summed E-state index contributed by atoms with van der Waals surface area (Å²) in [5.74, 6) is -1.47. The first-order valence-corrected chi connectivity index (χ1v) is 11.7. The van der Waals surface area contributed by atoms with Gasteiger partial charge in [0.15, 0.2) is 10.9 Å². The third kappa shape index (κ3) is 4.74. The number of alkyl carbamates (subject to hydrolysis) is 1. The fourth-order valence-corrected chi connectivity index (χ4v) is 4.36. The summed E-state index contributed by atoms with van der Waals surface area (Å²) in [7, 11) is 0. The van der Waals surface area contributed by atoms with Crippen LogP contribution in [-0.4, -0.2) is 62.9 Å². The number of nitrogens with zero attached hydrogens (tertiary/aromatic N) is 2. The molecule has 1 aliphatic carbocycles. The fourth-order valence-electron chi connectivity index (χ4n) is 4.02. The van der Waals surface area contributed by atoms with Crippen molar-refractivity contribution in [2.24, 2.45) is 0 Å². The van der Waals surface area contributed by atoms with Gasteiger partial charge in [-0.25, -0.2) is 19.6 Å². The first kappa shape index (κ1) is 23.7. The van der Waals surface area contributed by atoms with E-state index in [4.69, 9.17) is 4.74 Å². The summed E-state index contributed by atoms with van der Waals surface area (Å²) < 4.78 is 5.40. The van der Waals surface area contributed by atoms with E-state index < -0.39 is 30.0 Å². The van der Waals surface area contributed by atoms with E-state index in [2.05, 4.69) is 15.3 Å². The number of fused-ring (bicyclic) bond motifs is 3. The molecule has 0 fully saturated rings. The number of carboxylic acids is 1. The lowest BCUT2D eigenvalue weighted by molar-refractivity contribution is 0.0169. The van der Waals surface area contributed by atoms with Gasteiger partial charge in [0.2, 0.25) is 0 Å². The van der Waals surface area contributed by atoms with Crippen LogP contribution in [0.25, 0.3) is 11.1 Å². The van der Waals surface area contributed by atoms with Gasteiger partial charge in [-0.15, -0.1) is 0 Å². The van der Waals surface area contributed by atoms with E-state index in [-0.39, 0.29) is 29.8 Å². The number of carbonyl (C=O) groups is 2. The number of aliphatic hydroxyl groups excluding tert-OH is 2. The largest absolute Gasteiger partial charge is 0.476 e. The number of carboxylic acid groups (broad SMARTS) is 1. The maximum absolute atomic E-state index is 12.3. The summed E-state index contributed by atoms with van der Waals surface area (Å²) in [6.07, 6.45) is -1.04. The minimum atomic E-state index is -1.61. The quantitative estimate of drug-likeness (QED) is 0.282. The highest BCUT2D eigenvalue weighted by atomic mass is 32.2. The Balaban J connectivity index is 1.36. The molecule has 0 radical (unpaired) electrons. The summed E-state index contributed by atoms with van der Waals surface area (Å²) in [5, 5.41) is 32.7. The van der Waals surface area contributed by atoms with Crippen molar-refractivity contribution >= 4 is 23.8 Å². The SMILES string of the molecule is CSc1ncc(C(O)C(O)CNC(=O)OCC2c3ccccc3-c3ccccc32)c(C(=O)O)n1. The van der Waals surface area contributed by atoms with Crippen molar-refractivity contribution in [3.8, 4) is 11.1 Å². The summed E-state index contributed by atoms with van der Waals surface area (Å²) in [6, 6.07) is 15.9. The maximum Gasteiger partial charge on any atom is 0.407 e. The van der Waals surface area contributed by atoms with E-state index in [0.717, 1.165) is 40.2 Å². The second-order valence-corrected chi connectivity index (χ2v) is 8.46. The minimum Gasteiger partial charge on any atom is -0.476 e. The van der Waals surface area contributed by atoms with Crippen LogP contribution in [0, 0.1) is 0 Å². The van der Waals surface area contributed by atoms with Gasteiger partial charge in [-0.05, 0) is 28.5 Å². The van der Waals surface area contributed by atoms with Crippen molar-refractivity contribution in [1.82, 2.24) is 15.3 Å². The zero-order chi connectivity index (χ0) is 24.2. The maximum atomic E-state index is 12.3. The Bertz CT molecular complexity index is 1180. The Labute approximate surface area is 199 Å². The number of hydrogen-bond donors (Lipinski definition) is 4. The van der Waals surface area contributed by atoms with Crippen molar-refractivity contribution < 1.29 is 29.6 Å². The average molecular weight is 482 g/mol. The second kappa shape index (κ2) is 10.2. The number of rotatable bonds is 8. The van der Waals surface area contributed by atoms with Crippen molar-refractivity contribution in [2.45, 2.75) is 23.3 Å². The van der Waals surface area contributed by atoms with Gasteiger partial charge in [0.05, 0.1) is 0 Å². The zero-order valence-electron chi connectivity index (χ0n) is 18.2. The molecule has 4 rings (SSSR count).